The molecule has 0 rings (SSSR count). The Morgan fingerprint density at radius 2 is 1.65 bits per heavy atom. The fourth-order valence-electron chi connectivity index (χ4n) is 1.39. The van der Waals surface area contributed by atoms with Gasteiger partial charge in [0.15, 0.2) is 0 Å². The van der Waals surface area contributed by atoms with Crippen molar-refractivity contribution in [2.75, 3.05) is 13.1 Å². The molecule has 3 nitrogen and oxygen atoms in total. The molecule has 0 saturated heterocycles. The third-order valence-electron chi connectivity index (χ3n) is 2.85. The Morgan fingerprint density at radius 1 is 1.12 bits per heavy atom. The van der Waals surface area contributed by atoms with Crippen LogP contribution in [-0.4, -0.2) is 24.0 Å². The molecule has 0 aromatic heterocycles. The first-order chi connectivity index (χ1) is 8.15. The maximum absolute atomic E-state index is 11.9. The smallest absolute Gasteiger partial charge is 0.321 e. The van der Waals surface area contributed by atoms with E-state index >= 15 is 0 Å². The molecule has 0 bridgehead atoms. The number of nitrogens with one attached hydrogen (secondary N) is 1. The van der Waals surface area contributed by atoms with Gasteiger partial charge < -0.3 is 10.2 Å². The number of nitrogens with zero attached hydrogens (tertiary/aromatic N) is 1. The molecule has 2 amide bonds. The van der Waals surface area contributed by atoms with Gasteiger partial charge in [-0.25, -0.2) is 4.79 Å². The van der Waals surface area contributed by atoms with E-state index in [1.165, 1.54) is 5.57 Å². The van der Waals surface area contributed by atoms with Gasteiger partial charge in [-0.2, -0.15) is 0 Å². The number of carbonyl (C=O) groups is 1. The van der Waals surface area contributed by atoms with Crippen LogP contribution in [0.1, 0.15) is 59.8 Å². The topological polar surface area (TPSA) is 32.3 Å². The number of hydrogen-bond acceptors (Lipinski definition) is 1. The van der Waals surface area contributed by atoms with Crippen LogP contribution < -0.4 is 5.32 Å². The van der Waals surface area contributed by atoms with Gasteiger partial charge in [-0.05, 0) is 26.2 Å². The lowest BCUT2D eigenvalue weighted by Gasteiger charge is -2.22. The molecule has 0 aliphatic rings. The molecule has 3 heteroatoms. The van der Waals surface area contributed by atoms with E-state index in [9.17, 15) is 4.79 Å². The highest BCUT2D eigenvalue weighted by Crippen LogP contribution is 2.01. The SMILES string of the molecule is CCCCN(CCCC)C(=O)N/C=C(\C)CC. The highest BCUT2D eigenvalue weighted by molar-refractivity contribution is 5.75. The first-order valence-corrected chi connectivity index (χ1v) is 6.86. The number of urea groups is 1. The molecule has 0 spiro atoms. The molecular weight excluding hydrogens is 212 g/mol. The zero-order chi connectivity index (χ0) is 13.1. The molecule has 17 heavy (non-hydrogen) atoms. The minimum absolute atomic E-state index is 0.0414. The van der Waals surface area contributed by atoms with E-state index in [-0.39, 0.29) is 6.03 Å². The first-order valence-electron chi connectivity index (χ1n) is 6.86. The predicted octanol–water partition coefficient (Wildman–Crippen LogP) is 3.91. The number of unbranched alkanes of at least 4 members (excludes halogenated alkanes) is 2. The third kappa shape index (κ3) is 7.83. The van der Waals surface area contributed by atoms with Crippen LogP contribution in [0.3, 0.4) is 0 Å². The summed E-state index contributed by atoms with van der Waals surface area (Å²) in [5.74, 6) is 0. The molecular formula is C14H28N2O. The lowest BCUT2D eigenvalue weighted by molar-refractivity contribution is 0.199. The van der Waals surface area contributed by atoms with Crippen molar-refractivity contribution in [3.63, 3.8) is 0 Å². The average Bonchev–Trinajstić information content (AvgIpc) is 2.35. The van der Waals surface area contributed by atoms with E-state index in [1.54, 1.807) is 0 Å². The lowest BCUT2D eigenvalue weighted by Crippen LogP contribution is -2.39. The van der Waals surface area contributed by atoms with Crippen LogP contribution in [0.2, 0.25) is 0 Å². The standard InChI is InChI=1S/C14H28N2O/c1-5-8-10-16(11-9-6-2)14(17)15-12-13(4)7-3/h12H,5-11H2,1-4H3,(H,15,17)/b13-12+. The van der Waals surface area contributed by atoms with Gasteiger partial charge in [0, 0.05) is 19.3 Å². The van der Waals surface area contributed by atoms with Gasteiger partial charge in [0.25, 0.3) is 0 Å². The average molecular weight is 240 g/mol. The lowest BCUT2D eigenvalue weighted by atomic mass is 10.2. The maximum atomic E-state index is 11.9. The summed E-state index contributed by atoms with van der Waals surface area (Å²) in [5.41, 5.74) is 1.20. The summed E-state index contributed by atoms with van der Waals surface area (Å²) < 4.78 is 0. The van der Waals surface area contributed by atoms with Crippen LogP contribution >= 0.6 is 0 Å². The molecule has 0 aromatic rings. The summed E-state index contributed by atoms with van der Waals surface area (Å²) in [6.07, 6.45) is 7.21. The minimum Gasteiger partial charge on any atom is -0.325 e. The van der Waals surface area contributed by atoms with Gasteiger partial charge in [-0.1, -0.05) is 39.2 Å². The van der Waals surface area contributed by atoms with Crippen molar-refractivity contribution in [1.82, 2.24) is 10.2 Å². The molecule has 1 N–H and O–H groups in total. The van der Waals surface area contributed by atoms with E-state index in [4.69, 9.17) is 0 Å². The Hall–Kier alpha value is -0.990. The zero-order valence-corrected chi connectivity index (χ0v) is 11.9. The van der Waals surface area contributed by atoms with Gasteiger partial charge in [0.2, 0.25) is 0 Å². The van der Waals surface area contributed by atoms with Crippen LogP contribution in [0, 0.1) is 0 Å². The summed E-state index contributed by atoms with van der Waals surface area (Å²) >= 11 is 0. The number of hydrogen-bond donors (Lipinski definition) is 1. The van der Waals surface area contributed by atoms with Crippen molar-refractivity contribution in [1.29, 1.82) is 0 Å². The Balaban J connectivity index is 4.20. The Morgan fingerprint density at radius 3 is 2.06 bits per heavy atom. The Kier molecular flexibility index (Phi) is 9.59. The van der Waals surface area contributed by atoms with Crippen molar-refractivity contribution in [2.45, 2.75) is 59.8 Å². The molecule has 0 saturated carbocycles. The summed E-state index contributed by atoms with van der Waals surface area (Å²) in [4.78, 5) is 13.9. The quantitative estimate of drug-likeness (QED) is 0.685. The summed E-state index contributed by atoms with van der Waals surface area (Å²) in [5, 5.41) is 2.88. The second-order valence-corrected chi connectivity index (χ2v) is 4.49. The number of amides is 2. The Bertz CT molecular complexity index is 228. The Labute approximate surface area is 106 Å². The van der Waals surface area contributed by atoms with Crippen LogP contribution in [0.4, 0.5) is 4.79 Å². The molecule has 0 heterocycles. The maximum Gasteiger partial charge on any atom is 0.321 e. The highest BCUT2D eigenvalue weighted by Gasteiger charge is 2.10. The molecule has 100 valence electrons. The first kappa shape index (κ1) is 16.0. The molecule has 0 fully saturated rings. The zero-order valence-electron chi connectivity index (χ0n) is 11.9. The van der Waals surface area contributed by atoms with Crippen molar-refractivity contribution in [3.8, 4) is 0 Å². The molecule has 0 atom stereocenters. The molecule has 0 radical (unpaired) electrons. The second kappa shape index (κ2) is 10.2. The van der Waals surface area contributed by atoms with Gasteiger partial charge >= 0.3 is 6.03 Å². The van der Waals surface area contributed by atoms with Crippen molar-refractivity contribution >= 4 is 6.03 Å². The summed E-state index contributed by atoms with van der Waals surface area (Å²) in [6, 6.07) is 0.0414. The van der Waals surface area contributed by atoms with Gasteiger partial charge in [0.05, 0.1) is 0 Å². The number of rotatable bonds is 8. The molecule has 0 aliphatic heterocycles. The fraction of sp³-hybridized carbons (Fsp3) is 0.786. The minimum atomic E-state index is 0.0414. The van der Waals surface area contributed by atoms with E-state index < -0.39 is 0 Å². The van der Waals surface area contributed by atoms with Crippen LogP contribution in [0.25, 0.3) is 0 Å². The van der Waals surface area contributed by atoms with Crippen LogP contribution in [0.15, 0.2) is 11.8 Å². The largest absolute Gasteiger partial charge is 0.325 e. The second-order valence-electron chi connectivity index (χ2n) is 4.49. The van der Waals surface area contributed by atoms with Gasteiger partial charge in [-0.15, -0.1) is 0 Å². The van der Waals surface area contributed by atoms with E-state index in [0.717, 1.165) is 45.2 Å². The molecule has 0 unspecified atom stereocenters. The fourth-order valence-corrected chi connectivity index (χ4v) is 1.39. The van der Waals surface area contributed by atoms with E-state index in [1.807, 2.05) is 18.0 Å². The predicted molar refractivity (Wildman–Crippen MR) is 74.0 cm³/mol. The normalized spacial score (nSPS) is 11.4. The van der Waals surface area contributed by atoms with Crippen LogP contribution in [-0.2, 0) is 0 Å². The highest BCUT2D eigenvalue weighted by atomic mass is 16.2. The van der Waals surface area contributed by atoms with E-state index in [2.05, 4.69) is 26.1 Å². The number of carbonyl (C=O) groups excluding carboxylic acids is 1. The number of allylic oxidation sites excluding steroid dienone is 1. The third-order valence-corrected chi connectivity index (χ3v) is 2.85. The molecule has 0 aromatic carbocycles. The van der Waals surface area contributed by atoms with Crippen molar-refractivity contribution in [3.05, 3.63) is 11.8 Å². The summed E-state index contributed by atoms with van der Waals surface area (Å²) in [6.45, 7) is 10.1. The van der Waals surface area contributed by atoms with Gasteiger partial charge in [-0.3, -0.25) is 0 Å². The molecule has 0 aliphatic carbocycles. The van der Waals surface area contributed by atoms with Crippen molar-refractivity contribution in [2.24, 2.45) is 0 Å². The van der Waals surface area contributed by atoms with Crippen LogP contribution in [0.5, 0.6) is 0 Å². The summed E-state index contributed by atoms with van der Waals surface area (Å²) in [7, 11) is 0. The van der Waals surface area contributed by atoms with Crippen molar-refractivity contribution < 1.29 is 4.79 Å². The van der Waals surface area contributed by atoms with E-state index in [0.29, 0.717) is 0 Å². The monoisotopic (exact) mass is 240 g/mol. The van der Waals surface area contributed by atoms with Gasteiger partial charge in [0.1, 0.15) is 0 Å².